The second-order valence-corrected chi connectivity index (χ2v) is 4.21. The minimum atomic E-state index is -0.293. The van der Waals surface area contributed by atoms with Crippen LogP contribution in [-0.2, 0) is 11.3 Å². The second kappa shape index (κ2) is 7.57. The maximum Gasteiger partial charge on any atom is 0.240 e. The molecule has 1 unspecified atom stereocenters. The third-order valence-electron chi connectivity index (χ3n) is 2.72. The Balaban J connectivity index is 2.11. The zero-order chi connectivity index (χ0) is 14.2. The van der Waals surface area contributed by atoms with Crippen molar-refractivity contribution in [2.45, 2.75) is 19.6 Å². The fourth-order valence-electron chi connectivity index (χ4n) is 1.84. The third kappa shape index (κ3) is 3.76. The molecule has 0 aliphatic carbocycles. The lowest BCUT2D eigenvalue weighted by Gasteiger charge is -2.13. The Morgan fingerprint density at radius 1 is 1.40 bits per heavy atom. The first-order chi connectivity index (χ1) is 9.85. The zero-order valence-electron chi connectivity index (χ0n) is 11.6. The van der Waals surface area contributed by atoms with E-state index < -0.39 is 0 Å². The monoisotopic (exact) mass is 273 g/mol. The molecule has 20 heavy (non-hydrogen) atoms. The van der Waals surface area contributed by atoms with Crippen LogP contribution in [0.1, 0.15) is 30.3 Å². The van der Waals surface area contributed by atoms with Gasteiger partial charge in [0.2, 0.25) is 11.7 Å². The first-order valence-electron chi connectivity index (χ1n) is 6.65. The molecule has 0 aliphatic heterocycles. The van der Waals surface area contributed by atoms with Crippen molar-refractivity contribution in [3.63, 3.8) is 0 Å². The summed E-state index contributed by atoms with van der Waals surface area (Å²) >= 11 is 0. The summed E-state index contributed by atoms with van der Waals surface area (Å²) in [6, 6.07) is 9.88. The van der Waals surface area contributed by atoms with E-state index in [0.29, 0.717) is 31.4 Å². The number of aromatic nitrogens is 2. The summed E-state index contributed by atoms with van der Waals surface area (Å²) in [4.78, 5) is 4.38. The van der Waals surface area contributed by atoms with Crippen LogP contribution in [-0.4, -0.2) is 23.3 Å². The van der Waals surface area contributed by atoms with E-state index in [0.717, 1.165) is 5.56 Å². The molecule has 0 saturated heterocycles. The van der Waals surface area contributed by atoms with Crippen LogP contribution in [0.4, 0.5) is 0 Å². The molecule has 5 heteroatoms. The van der Waals surface area contributed by atoms with Gasteiger partial charge in [-0.15, -0.1) is 6.58 Å². The predicted octanol–water partition coefficient (Wildman–Crippen LogP) is 2.47. The molecule has 1 aromatic carbocycles. The van der Waals surface area contributed by atoms with Crippen molar-refractivity contribution >= 4 is 0 Å². The van der Waals surface area contributed by atoms with Gasteiger partial charge in [-0.25, -0.2) is 0 Å². The van der Waals surface area contributed by atoms with E-state index in [9.17, 15) is 0 Å². The van der Waals surface area contributed by atoms with Crippen molar-refractivity contribution in [3.05, 3.63) is 60.3 Å². The molecule has 2 rings (SSSR count). The molecule has 0 spiro atoms. The Morgan fingerprint density at radius 2 is 2.20 bits per heavy atom. The quantitative estimate of drug-likeness (QED) is 0.591. The molecule has 1 atom stereocenters. The largest absolute Gasteiger partial charge is 0.366 e. The summed E-state index contributed by atoms with van der Waals surface area (Å²) in [6.07, 6.45) is 1.49. The van der Waals surface area contributed by atoms with E-state index in [-0.39, 0.29) is 6.10 Å². The number of hydrogen-bond donors (Lipinski definition) is 1. The first kappa shape index (κ1) is 14.4. The number of nitrogens with one attached hydrogen (secondary N) is 1. The summed E-state index contributed by atoms with van der Waals surface area (Å²) in [5.74, 6) is 1.09. The number of hydrogen-bond acceptors (Lipinski definition) is 5. The smallest absolute Gasteiger partial charge is 0.240 e. The highest BCUT2D eigenvalue weighted by atomic mass is 16.5. The molecule has 5 nitrogen and oxygen atoms in total. The summed E-state index contributed by atoms with van der Waals surface area (Å²) in [5.41, 5.74) is 1.01. The highest BCUT2D eigenvalue weighted by Gasteiger charge is 2.20. The van der Waals surface area contributed by atoms with Crippen molar-refractivity contribution in [2.24, 2.45) is 0 Å². The van der Waals surface area contributed by atoms with Crippen molar-refractivity contribution < 1.29 is 9.26 Å². The minimum Gasteiger partial charge on any atom is -0.366 e. The second-order valence-electron chi connectivity index (χ2n) is 4.21. The Hall–Kier alpha value is -1.98. The molecular formula is C15H19N3O2. The van der Waals surface area contributed by atoms with Crippen LogP contribution >= 0.6 is 0 Å². The number of rotatable bonds is 8. The molecule has 2 aromatic rings. The van der Waals surface area contributed by atoms with Crippen LogP contribution < -0.4 is 5.32 Å². The van der Waals surface area contributed by atoms with Crippen molar-refractivity contribution in [3.8, 4) is 0 Å². The number of ether oxygens (including phenoxy) is 1. The fourth-order valence-corrected chi connectivity index (χ4v) is 1.84. The molecule has 1 N–H and O–H groups in total. The van der Waals surface area contributed by atoms with Gasteiger partial charge in [-0.2, -0.15) is 4.98 Å². The van der Waals surface area contributed by atoms with Gasteiger partial charge in [-0.1, -0.05) is 41.6 Å². The van der Waals surface area contributed by atoms with Gasteiger partial charge < -0.3 is 14.6 Å². The molecule has 0 amide bonds. The highest BCUT2D eigenvalue weighted by Crippen LogP contribution is 2.23. The molecule has 0 fully saturated rings. The van der Waals surface area contributed by atoms with Crippen LogP contribution in [0.25, 0.3) is 0 Å². The van der Waals surface area contributed by atoms with Crippen molar-refractivity contribution in [1.82, 2.24) is 15.5 Å². The Labute approximate surface area is 118 Å². The Morgan fingerprint density at radius 3 is 2.90 bits per heavy atom. The average molecular weight is 273 g/mol. The normalized spacial score (nSPS) is 12.2. The third-order valence-corrected chi connectivity index (χ3v) is 2.72. The lowest BCUT2D eigenvalue weighted by atomic mass is 10.1. The van der Waals surface area contributed by atoms with Crippen LogP contribution in [0.15, 0.2) is 47.5 Å². The lowest BCUT2D eigenvalue weighted by molar-refractivity contribution is 0.0833. The Bertz CT molecular complexity index is 525. The van der Waals surface area contributed by atoms with Crippen LogP contribution in [0.5, 0.6) is 0 Å². The molecular weight excluding hydrogens is 254 g/mol. The fraction of sp³-hybridized carbons (Fsp3) is 0.333. The summed E-state index contributed by atoms with van der Waals surface area (Å²) in [6.45, 7) is 7.39. The van der Waals surface area contributed by atoms with Crippen molar-refractivity contribution in [1.29, 1.82) is 0 Å². The molecule has 106 valence electrons. The van der Waals surface area contributed by atoms with Gasteiger partial charge in [0.25, 0.3) is 0 Å². The molecule has 0 bridgehead atoms. The van der Waals surface area contributed by atoms with E-state index in [1.165, 1.54) is 0 Å². The van der Waals surface area contributed by atoms with Gasteiger partial charge in [0.1, 0.15) is 6.10 Å². The topological polar surface area (TPSA) is 60.2 Å². The maximum absolute atomic E-state index is 5.73. The molecule has 0 saturated carbocycles. The maximum atomic E-state index is 5.73. The van der Waals surface area contributed by atoms with E-state index in [1.807, 2.05) is 37.3 Å². The van der Waals surface area contributed by atoms with E-state index >= 15 is 0 Å². The minimum absolute atomic E-state index is 0.293. The summed E-state index contributed by atoms with van der Waals surface area (Å²) in [7, 11) is 0. The number of benzene rings is 1. The summed E-state index contributed by atoms with van der Waals surface area (Å²) < 4.78 is 11.0. The number of nitrogens with zero attached hydrogens (tertiary/aromatic N) is 2. The molecule has 1 aromatic heterocycles. The zero-order valence-corrected chi connectivity index (χ0v) is 11.6. The molecule has 0 aliphatic rings. The van der Waals surface area contributed by atoms with E-state index in [2.05, 4.69) is 22.0 Å². The van der Waals surface area contributed by atoms with E-state index in [4.69, 9.17) is 9.26 Å². The highest BCUT2D eigenvalue weighted by molar-refractivity contribution is 5.22. The Kier molecular flexibility index (Phi) is 5.46. The van der Waals surface area contributed by atoms with Crippen LogP contribution in [0.2, 0.25) is 0 Å². The van der Waals surface area contributed by atoms with Crippen molar-refractivity contribution in [2.75, 3.05) is 13.2 Å². The van der Waals surface area contributed by atoms with Gasteiger partial charge in [0.05, 0.1) is 6.54 Å². The standard InChI is InChI=1S/C15H19N3O2/c1-3-10-16-11-13-17-15(18-20-13)14(19-4-2)12-8-6-5-7-9-12/h3,5-9,14,16H,1,4,10-11H2,2H3. The van der Waals surface area contributed by atoms with Crippen LogP contribution in [0, 0.1) is 0 Å². The average Bonchev–Trinajstić information content (AvgIpc) is 2.94. The van der Waals surface area contributed by atoms with Crippen LogP contribution in [0.3, 0.4) is 0 Å². The first-order valence-corrected chi connectivity index (χ1v) is 6.65. The van der Waals surface area contributed by atoms with Gasteiger partial charge >= 0.3 is 0 Å². The van der Waals surface area contributed by atoms with Gasteiger partial charge in [-0.3, -0.25) is 0 Å². The van der Waals surface area contributed by atoms with Gasteiger partial charge in [-0.05, 0) is 12.5 Å². The predicted molar refractivity (Wildman–Crippen MR) is 76.1 cm³/mol. The summed E-state index contributed by atoms with van der Waals surface area (Å²) in [5, 5.41) is 7.13. The van der Waals surface area contributed by atoms with Gasteiger partial charge in [0.15, 0.2) is 0 Å². The molecule has 0 radical (unpaired) electrons. The SMILES string of the molecule is C=CCNCc1nc(C(OCC)c2ccccc2)no1. The lowest BCUT2D eigenvalue weighted by Crippen LogP contribution is -2.13. The van der Waals surface area contributed by atoms with Gasteiger partial charge in [0, 0.05) is 13.2 Å². The van der Waals surface area contributed by atoms with E-state index in [1.54, 1.807) is 6.08 Å². The molecule has 1 heterocycles.